The van der Waals surface area contributed by atoms with Crippen LogP contribution in [0.1, 0.15) is 17.3 Å². The topological polar surface area (TPSA) is 51.0 Å². The molecule has 1 aromatic carbocycles. The number of benzene rings is 1. The average Bonchev–Trinajstić information content (AvgIpc) is 2.72. The fourth-order valence-corrected chi connectivity index (χ4v) is 1.94. The molecule has 0 saturated heterocycles. The summed E-state index contributed by atoms with van der Waals surface area (Å²) < 4.78 is 42.5. The van der Waals surface area contributed by atoms with Gasteiger partial charge in [0, 0.05) is 17.1 Å². The summed E-state index contributed by atoms with van der Waals surface area (Å²) in [6, 6.07) is 3.37. The van der Waals surface area contributed by atoms with E-state index in [4.69, 9.17) is 4.52 Å². The van der Waals surface area contributed by atoms with Crippen LogP contribution in [-0.4, -0.2) is 10.1 Å². The quantitative estimate of drug-likeness (QED) is 0.927. The summed E-state index contributed by atoms with van der Waals surface area (Å²) >= 11 is 3.09. The van der Waals surface area contributed by atoms with Crippen molar-refractivity contribution in [3.05, 3.63) is 40.0 Å². The van der Waals surface area contributed by atoms with Gasteiger partial charge in [-0.3, -0.25) is 0 Å². The summed E-state index contributed by atoms with van der Waals surface area (Å²) in [5, 5.41) is 6.60. The number of rotatable bonds is 3. The highest BCUT2D eigenvalue weighted by Crippen LogP contribution is 2.33. The molecule has 0 aliphatic carbocycles. The normalized spacial score (nSPS) is 11.6. The van der Waals surface area contributed by atoms with Crippen LogP contribution in [0.25, 0.3) is 0 Å². The van der Waals surface area contributed by atoms with Gasteiger partial charge in [0.15, 0.2) is 5.82 Å². The molecule has 0 bridgehead atoms. The minimum Gasteiger partial charge on any atom is -0.377 e. The second-order valence-corrected chi connectivity index (χ2v) is 4.63. The van der Waals surface area contributed by atoms with E-state index in [0.717, 1.165) is 12.1 Å². The van der Waals surface area contributed by atoms with E-state index in [-0.39, 0.29) is 6.54 Å². The fraction of sp³-hybridized carbons (Fsp3) is 0.273. The molecule has 1 aromatic heterocycles. The van der Waals surface area contributed by atoms with Gasteiger partial charge in [-0.1, -0.05) is 5.16 Å². The van der Waals surface area contributed by atoms with E-state index in [9.17, 15) is 13.2 Å². The Morgan fingerprint density at radius 2 is 2.11 bits per heavy atom. The molecule has 0 unspecified atom stereocenters. The van der Waals surface area contributed by atoms with Crippen molar-refractivity contribution < 1.29 is 17.7 Å². The molecule has 8 heteroatoms. The Morgan fingerprint density at radius 3 is 2.63 bits per heavy atom. The molecule has 19 heavy (non-hydrogen) atoms. The van der Waals surface area contributed by atoms with Crippen LogP contribution >= 0.6 is 15.9 Å². The lowest BCUT2D eigenvalue weighted by molar-refractivity contribution is -0.137. The van der Waals surface area contributed by atoms with Gasteiger partial charge in [-0.15, -0.1) is 0 Å². The van der Waals surface area contributed by atoms with Gasteiger partial charge < -0.3 is 9.84 Å². The summed E-state index contributed by atoms with van der Waals surface area (Å²) in [6.07, 6.45) is -4.36. The highest BCUT2D eigenvalue weighted by atomic mass is 79.9. The minimum absolute atomic E-state index is 0.265. The number of anilines is 1. The van der Waals surface area contributed by atoms with Crippen molar-refractivity contribution in [3.63, 3.8) is 0 Å². The summed E-state index contributed by atoms with van der Waals surface area (Å²) in [5.74, 6) is 0.868. The van der Waals surface area contributed by atoms with Crippen molar-refractivity contribution in [2.75, 3.05) is 5.32 Å². The van der Waals surface area contributed by atoms with Crippen molar-refractivity contribution in [2.24, 2.45) is 0 Å². The van der Waals surface area contributed by atoms with Crippen molar-refractivity contribution in [1.82, 2.24) is 10.1 Å². The van der Waals surface area contributed by atoms with Crippen LogP contribution < -0.4 is 5.32 Å². The Morgan fingerprint density at radius 1 is 1.37 bits per heavy atom. The van der Waals surface area contributed by atoms with E-state index in [2.05, 4.69) is 31.4 Å². The summed E-state index contributed by atoms with van der Waals surface area (Å²) in [6.45, 7) is 1.92. The van der Waals surface area contributed by atoms with Crippen molar-refractivity contribution in [1.29, 1.82) is 0 Å². The molecular formula is C11H9BrF3N3O. The van der Waals surface area contributed by atoms with E-state index < -0.39 is 11.7 Å². The first-order valence-electron chi connectivity index (χ1n) is 5.26. The molecule has 1 heterocycles. The SMILES string of the molecule is Cc1nc(CNc2ccc(C(F)(F)F)cc2Br)no1. The Kier molecular flexibility index (Phi) is 3.79. The number of halogens is 4. The zero-order valence-electron chi connectivity index (χ0n) is 9.75. The molecule has 0 fully saturated rings. The summed E-state index contributed by atoms with van der Waals surface area (Å²) in [7, 11) is 0. The smallest absolute Gasteiger partial charge is 0.377 e. The van der Waals surface area contributed by atoms with E-state index in [0.29, 0.717) is 21.9 Å². The van der Waals surface area contributed by atoms with Crippen molar-refractivity contribution in [2.45, 2.75) is 19.6 Å². The molecule has 0 radical (unpaired) electrons. The van der Waals surface area contributed by atoms with Crippen LogP contribution in [0, 0.1) is 6.92 Å². The Bertz CT molecular complexity index is 583. The maximum atomic E-state index is 12.5. The number of hydrogen-bond donors (Lipinski definition) is 1. The molecule has 4 nitrogen and oxygen atoms in total. The highest BCUT2D eigenvalue weighted by Gasteiger charge is 2.30. The van der Waals surface area contributed by atoms with Gasteiger partial charge in [0.2, 0.25) is 5.89 Å². The molecule has 1 N–H and O–H groups in total. The largest absolute Gasteiger partial charge is 0.416 e. The summed E-state index contributed by atoms with van der Waals surface area (Å²) in [4.78, 5) is 3.98. The van der Waals surface area contributed by atoms with E-state index in [1.165, 1.54) is 6.07 Å². The number of nitrogens with one attached hydrogen (secondary N) is 1. The van der Waals surface area contributed by atoms with Gasteiger partial charge in [-0.05, 0) is 34.1 Å². The molecule has 2 aromatic rings. The van der Waals surface area contributed by atoms with Gasteiger partial charge in [-0.2, -0.15) is 18.2 Å². The van der Waals surface area contributed by atoms with E-state index >= 15 is 0 Å². The molecule has 0 amide bonds. The number of hydrogen-bond acceptors (Lipinski definition) is 4. The Labute approximate surface area is 115 Å². The second kappa shape index (κ2) is 5.20. The third-order valence-corrected chi connectivity index (χ3v) is 2.96. The van der Waals surface area contributed by atoms with Crippen LogP contribution in [0.5, 0.6) is 0 Å². The lowest BCUT2D eigenvalue weighted by atomic mass is 10.2. The first kappa shape index (κ1) is 13.9. The number of nitrogens with zero attached hydrogens (tertiary/aromatic N) is 2. The first-order chi connectivity index (χ1) is 8.86. The van der Waals surface area contributed by atoms with Gasteiger partial charge in [0.1, 0.15) is 0 Å². The van der Waals surface area contributed by atoms with Gasteiger partial charge in [0.05, 0.1) is 12.1 Å². The van der Waals surface area contributed by atoms with Crippen LogP contribution in [0.3, 0.4) is 0 Å². The molecule has 0 aliphatic rings. The molecule has 0 spiro atoms. The highest BCUT2D eigenvalue weighted by molar-refractivity contribution is 9.10. The minimum atomic E-state index is -4.36. The molecule has 102 valence electrons. The number of aryl methyl sites for hydroxylation is 1. The lowest BCUT2D eigenvalue weighted by Crippen LogP contribution is -2.06. The Hall–Kier alpha value is -1.57. The van der Waals surface area contributed by atoms with Crippen molar-refractivity contribution in [3.8, 4) is 0 Å². The maximum absolute atomic E-state index is 12.5. The monoisotopic (exact) mass is 335 g/mol. The van der Waals surface area contributed by atoms with Gasteiger partial charge in [0.25, 0.3) is 0 Å². The Balaban J connectivity index is 2.09. The molecule has 0 saturated carbocycles. The van der Waals surface area contributed by atoms with Crippen molar-refractivity contribution >= 4 is 21.6 Å². The zero-order valence-corrected chi connectivity index (χ0v) is 11.3. The number of alkyl halides is 3. The van der Waals surface area contributed by atoms with Crippen LogP contribution in [-0.2, 0) is 12.7 Å². The first-order valence-corrected chi connectivity index (χ1v) is 6.05. The maximum Gasteiger partial charge on any atom is 0.416 e. The molecule has 0 aliphatic heterocycles. The third kappa shape index (κ3) is 3.46. The third-order valence-electron chi connectivity index (χ3n) is 2.30. The molecular weight excluding hydrogens is 327 g/mol. The van der Waals surface area contributed by atoms with Gasteiger partial charge >= 0.3 is 6.18 Å². The predicted octanol–water partition coefficient (Wildman–Crippen LogP) is 3.77. The fourth-order valence-electron chi connectivity index (χ4n) is 1.42. The van der Waals surface area contributed by atoms with Crippen LogP contribution in [0.2, 0.25) is 0 Å². The van der Waals surface area contributed by atoms with Crippen LogP contribution in [0.4, 0.5) is 18.9 Å². The summed E-state index contributed by atoms with van der Waals surface area (Å²) in [5.41, 5.74) is -0.184. The standard InChI is InChI=1S/C11H9BrF3N3O/c1-6-17-10(18-19-6)5-16-9-3-2-7(4-8(9)12)11(13,14)15/h2-4,16H,5H2,1H3. The van der Waals surface area contributed by atoms with Gasteiger partial charge in [-0.25, -0.2) is 0 Å². The molecule has 0 atom stereocenters. The van der Waals surface area contributed by atoms with Crippen LogP contribution in [0.15, 0.2) is 27.2 Å². The predicted molar refractivity (Wildman–Crippen MR) is 65.5 cm³/mol. The molecule has 2 rings (SSSR count). The second-order valence-electron chi connectivity index (χ2n) is 3.78. The lowest BCUT2D eigenvalue weighted by Gasteiger charge is -2.10. The van der Waals surface area contributed by atoms with E-state index in [1.807, 2.05) is 0 Å². The number of aromatic nitrogens is 2. The zero-order chi connectivity index (χ0) is 14.0. The average molecular weight is 336 g/mol. The van der Waals surface area contributed by atoms with E-state index in [1.54, 1.807) is 6.92 Å².